The Hall–Kier alpha value is -1.85. The number of carboxylic acid groups (broad SMARTS) is 1. The summed E-state index contributed by atoms with van der Waals surface area (Å²) >= 11 is 0. The number of hydrogen-bond donors (Lipinski definition) is 2. The first kappa shape index (κ1) is 13.6. The van der Waals surface area contributed by atoms with E-state index in [1.165, 1.54) is 4.90 Å². The molecule has 1 fully saturated rings. The number of hydrogen-bond acceptors (Lipinski definition) is 3. The van der Waals surface area contributed by atoms with Gasteiger partial charge in [-0.05, 0) is 25.7 Å². The van der Waals surface area contributed by atoms with E-state index in [4.69, 9.17) is 5.73 Å². The zero-order chi connectivity index (χ0) is 14.0. The fourth-order valence-electron chi connectivity index (χ4n) is 2.90. The van der Waals surface area contributed by atoms with Crippen LogP contribution in [0.5, 0.6) is 0 Å². The van der Waals surface area contributed by atoms with Crippen LogP contribution in [0.15, 0.2) is 12.2 Å². The van der Waals surface area contributed by atoms with Gasteiger partial charge in [0.25, 0.3) is 0 Å². The molecule has 0 radical (unpaired) electrons. The van der Waals surface area contributed by atoms with Gasteiger partial charge in [-0.1, -0.05) is 12.2 Å². The molecule has 104 valence electrons. The number of allylic oxidation sites excluding steroid dienone is 2. The number of carboxylic acids is 1. The van der Waals surface area contributed by atoms with Gasteiger partial charge < -0.3 is 15.7 Å². The zero-order valence-corrected chi connectivity index (χ0v) is 10.6. The van der Waals surface area contributed by atoms with E-state index in [0.717, 1.165) is 6.42 Å². The second-order valence-electron chi connectivity index (χ2n) is 5.09. The van der Waals surface area contributed by atoms with E-state index in [0.29, 0.717) is 25.8 Å². The fraction of sp³-hybridized carbons (Fsp3) is 0.615. The van der Waals surface area contributed by atoms with E-state index in [9.17, 15) is 19.5 Å². The number of aliphatic carboxylic acids is 1. The lowest BCUT2D eigenvalue weighted by molar-refractivity contribution is -0.151. The minimum atomic E-state index is -0.961. The van der Waals surface area contributed by atoms with Gasteiger partial charge in [0.05, 0.1) is 11.8 Å². The zero-order valence-electron chi connectivity index (χ0n) is 10.6. The summed E-state index contributed by atoms with van der Waals surface area (Å²) in [5, 5.41) is 9.18. The highest BCUT2D eigenvalue weighted by molar-refractivity contribution is 5.90. The van der Waals surface area contributed by atoms with E-state index in [1.807, 2.05) is 6.08 Å². The molecule has 0 aromatic heterocycles. The van der Waals surface area contributed by atoms with Gasteiger partial charge in [-0.25, -0.2) is 0 Å². The van der Waals surface area contributed by atoms with Crippen LogP contribution in [-0.2, 0) is 14.4 Å². The molecule has 6 heteroatoms. The summed E-state index contributed by atoms with van der Waals surface area (Å²) in [4.78, 5) is 36.4. The maximum absolute atomic E-state index is 12.5. The van der Waals surface area contributed by atoms with Gasteiger partial charge in [0.2, 0.25) is 11.8 Å². The molecule has 0 aromatic rings. The molecule has 1 heterocycles. The summed E-state index contributed by atoms with van der Waals surface area (Å²) in [7, 11) is 0. The highest BCUT2D eigenvalue weighted by Gasteiger charge is 2.41. The van der Waals surface area contributed by atoms with Crippen molar-refractivity contribution >= 4 is 17.8 Å². The monoisotopic (exact) mass is 266 g/mol. The second kappa shape index (κ2) is 5.42. The SMILES string of the molecule is NC(=O)C1CCCN1C(=O)[C@@H]1CC=CC[C@@H]1C(=O)O. The molecule has 2 amide bonds. The van der Waals surface area contributed by atoms with Crippen LogP contribution in [0.1, 0.15) is 25.7 Å². The van der Waals surface area contributed by atoms with Crippen molar-refractivity contribution in [3.8, 4) is 0 Å². The Balaban J connectivity index is 2.16. The first-order chi connectivity index (χ1) is 9.02. The van der Waals surface area contributed by atoms with Gasteiger partial charge >= 0.3 is 5.97 Å². The first-order valence-corrected chi connectivity index (χ1v) is 6.50. The van der Waals surface area contributed by atoms with Crippen molar-refractivity contribution < 1.29 is 19.5 Å². The second-order valence-corrected chi connectivity index (χ2v) is 5.09. The van der Waals surface area contributed by atoms with E-state index < -0.39 is 29.8 Å². The molecule has 0 spiro atoms. The standard InChI is InChI=1S/C13H18N2O4/c14-11(16)10-6-3-7-15(10)12(17)8-4-1-2-5-9(8)13(18)19/h1-2,8-10H,3-7H2,(H2,14,16)(H,18,19)/t8-,9+,10?/m1/s1. The van der Waals surface area contributed by atoms with E-state index in [1.54, 1.807) is 6.08 Å². The normalized spacial score (nSPS) is 30.3. The molecule has 2 aliphatic rings. The van der Waals surface area contributed by atoms with Crippen LogP contribution >= 0.6 is 0 Å². The molecule has 6 nitrogen and oxygen atoms in total. The lowest BCUT2D eigenvalue weighted by atomic mass is 9.82. The van der Waals surface area contributed by atoms with E-state index in [2.05, 4.69) is 0 Å². The number of carbonyl (C=O) groups excluding carboxylic acids is 2. The van der Waals surface area contributed by atoms with Crippen molar-refractivity contribution in [2.24, 2.45) is 17.6 Å². The maximum atomic E-state index is 12.5. The lowest BCUT2D eigenvalue weighted by Gasteiger charge is -2.31. The van der Waals surface area contributed by atoms with Crippen molar-refractivity contribution in [2.45, 2.75) is 31.7 Å². The Bertz CT molecular complexity index is 432. The Morgan fingerprint density at radius 1 is 1.16 bits per heavy atom. The largest absolute Gasteiger partial charge is 0.481 e. The Morgan fingerprint density at radius 3 is 2.37 bits per heavy atom. The predicted octanol–water partition coefficient (Wildman–Crippen LogP) is 0.130. The average molecular weight is 266 g/mol. The summed E-state index contributed by atoms with van der Waals surface area (Å²) < 4.78 is 0. The molecular formula is C13H18N2O4. The van der Waals surface area contributed by atoms with Gasteiger partial charge in [0, 0.05) is 6.54 Å². The molecule has 2 rings (SSSR count). The van der Waals surface area contributed by atoms with Crippen molar-refractivity contribution in [1.29, 1.82) is 0 Å². The average Bonchev–Trinajstić information content (AvgIpc) is 2.87. The summed E-state index contributed by atoms with van der Waals surface area (Å²) in [6, 6.07) is -0.576. The lowest BCUT2D eigenvalue weighted by Crippen LogP contribution is -2.48. The van der Waals surface area contributed by atoms with Crippen LogP contribution < -0.4 is 5.73 Å². The minimum absolute atomic E-state index is 0.252. The van der Waals surface area contributed by atoms with Gasteiger partial charge in [-0.15, -0.1) is 0 Å². The highest BCUT2D eigenvalue weighted by atomic mass is 16.4. The third-order valence-corrected chi connectivity index (χ3v) is 3.93. The number of nitrogens with two attached hydrogens (primary N) is 1. The smallest absolute Gasteiger partial charge is 0.307 e. The van der Waals surface area contributed by atoms with E-state index >= 15 is 0 Å². The molecule has 1 saturated heterocycles. The highest BCUT2D eigenvalue weighted by Crippen LogP contribution is 2.30. The summed E-state index contributed by atoms with van der Waals surface area (Å²) in [6.07, 6.45) is 5.70. The van der Waals surface area contributed by atoms with Crippen LogP contribution in [0.4, 0.5) is 0 Å². The van der Waals surface area contributed by atoms with Crippen LogP contribution in [0.3, 0.4) is 0 Å². The Kier molecular flexibility index (Phi) is 3.87. The molecule has 1 aliphatic heterocycles. The Morgan fingerprint density at radius 2 is 1.79 bits per heavy atom. The summed E-state index contributed by atoms with van der Waals surface area (Å²) in [5.41, 5.74) is 5.29. The van der Waals surface area contributed by atoms with Crippen molar-refractivity contribution in [3.05, 3.63) is 12.2 Å². The molecule has 0 aromatic carbocycles. The van der Waals surface area contributed by atoms with Crippen LogP contribution in [-0.4, -0.2) is 40.4 Å². The molecule has 0 saturated carbocycles. The summed E-state index contributed by atoms with van der Waals surface area (Å²) in [6.45, 7) is 0.485. The third kappa shape index (κ3) is 2.62. The number of rotatable bonds is 3. The summed E-state index contributed by atoms with van der Waals surface area (Å²) in [5.74, 6) is -3.01. The fourth-order valence-corrected chi connectivity index (χ4v) is 2.90. The molecule has 3 N–H and O–H groups in total. The molecule has 1 aliphatic carbocycles. The topological polar surface area (TPSA) is 101 Å². The van der Waals surface area contributed by atoms with E-state index in [-0.39, 0.29) is 5.91 Å². The van der Waals surface area contributed by atoms with Crippen molar-refractivity contribution in [1.82, 2.24) is 4.90 Å². The molecule has 19 heavy (non-hydrogen) atoms. The van der Waals surface area contributed by atoms with Crippen LogP contribution in [0, 0.1) is 11.8 Å². The quantitative estimate of drug-likeness (QED) is 0.709. The van der Waals surface area contributed by atoms with Crippen molar-refractivity contribution in [2.75, 3.05) is 6.54 Å². The number of primary amides is 1. The van der Waals surface area contributed by atoms with Crippen LogP contribution in [0.25, 0.3) is 0 Å². The number of amides is 2. The van der Waals surface area contributed by atoms with Gasteiger partial charge in [0.15, 0.2) is 0 Å². The predicted molar refractivity (Wildman–Crippen MR) is 66.9 cm³/mol. The van der Waals surface area contributed by atoms with Gasteiger partial charge in [0.1, 0.15) is 6.04 Å². The number of nitrogens with zero attached hydrogens (tertiary/aromatic N) is 1. The van der Waals surface area contributed by atoms with Crippen LogP contribution in [0.2, 0.25) is 0 Å². The van der Waals surface area contributed by atoms with Gasteiger partial charge in [-0.2, -0.15) is 0 Å². The minimum Gasteiger partial charge on any atom is -0.481 e. The number of carbonyl (C=O) groups is 3. The molecule has 1 unspecified atom stereocenters. The van der Waals surface area contributed by atoms with Crippen molar-refractivity contribution in [3.63, 3.8) is 0 Å². The first-order valence-electron chi connectivity index (χ1n) is 6.50. The molecular weight excluding hydrogens is 248 g/mol. The number of likely N-dealkylation sites (tertiary alicyclic amines) is 1. The Labute approximate surface area is 111 Å². The molecule has 3 atom stereocenters. The third-order valence-electron chi connectivity index (χ3n) is 3.93. The van der Waals surface area contributed by atoms with Gasteiger partial charge in [-0.3, -0.25) is 14.4 Å². The maximum Gasteiger partial charge on any atom is 0.307 e. The molecule has 0 bridgehead atoms.